The molecular formula is C73H72F3N7O6. The maximum Gasteiger partial charge on any atom is 0.250 e. The largest absolute Gasteiger partial charge is 0.454 e. The monoisotopic (exact) mass is 1200 g/mol. The summed E-state index contributed by atoms with van der Waals surface area (Å²) < 4.78 is 58.9. The van der Waals surface area contributed by atoms with Crippen molar-refractivity contribution in [3.63, 3.8) is 0 Å². The number of benzene rings is 8. The van der Waals surface area contributed by atoms with Crippen molar-refractivity contribution in [1.29, 1.82) is 0 Å². The Morgan fingerprint density at radius 3 is 1.27 bits per heavy atom. The molecule has 3 aliphatic heterocycles. The quantitative estimate of drug-likeness (QED) is 0.0748. The number of primary amides is 3. The van der Waals surface area contributed by atoms with Gasteiger partial charge in [-0.1, -0.05) is 108 Å². The number of nitrogens with zero attached hydrogens (tertiary/aromatic N) is 4. The molecule has 89 heavy (non-hydrogen) atoms. The van der Waals surface area contributed by atoms with Crippen LogP contribution in [0.15, 0.2) is 200 Å². The lowest BCUT2D eigenvalue weighted by atomic mass is 9.99. The van der Waals surface area contributed by atoms with Gasteiger partial charge in [0.2, 0.25) is 23.6 Å². The number of nitrogens with two attached hydrogens (primary N) is 3. The van der Waals surface area contributed by atoms with Crippen LogP contribution in [0.25, 0.3) is 0 Å². The minimum atomic E-state index is -0.691. The van der Waals surface area contributed by atoms with Crippen LogP contribution in [-0.2, 0) is 19.6 Å². The first-order chi connectivity index (χ1) is 43.1. The van der Waals surface area contributed by atoms with Crippen molar-refractivity contribution in [2.45, 2.75) is 90.1 Å². The molecule has 0 radical (unpaired) electrons. The van der Waals surface area contributed by atoms with E-state index in [1.807, 2.05) is 54.6 Å². The molecule has 8 aromatic carbocycles. The average Bonchev–Trinajstić information content (AvgIpc) is 2.34. The highest BCUT2D eigenvalue weighted by Crippen LogP contribution is 2.38. The third kappa shape index (κ3) is 16.9. The van der Waals surface area contributed by atoms with E-state index in [0.717, 1.165) is 75.4 Å². The Morgan fingerprint density at radius 2 is 0.854 bits per heavy atom. The standard InChI is InChI=1S/C26H27FN2O2.C24H22F2N2O2.C23H23N3O2/c1-17-12-18(2)14-21(13-17)24-4-3-11-29(24)16-19-5-8-22(9-6-19)31-25-10-7-20(26(28)30)15-23(25)27;25-19-4-1-3-17(13-19)22-5-2-12-28(22)15-16-6-9-20(10-7-16)30-23-11-8-18(24(27)29)14-21(23)26;24-23(27)19-10-13-22(25-15-19)28-20-11-8-17(9-12-20)16-26-14-4-7-21(26)18-5-2-1-3-6-18/h5-10,12-15,24H,3-4,11,16H2,1-2H3,(H2,28,30);1,3-4,6-11,13-14,22H,2,5,12,15H2,(H2,27,29);1-3,5-6,8-13,15,21H,4,7,14,16H2,(H2,24,27)/t24-;22-;/m00./s1. The van der Waals surface area contributed by atoms with Crippen molar-refractivity contribution >= 4 is 17.7 Å². The van der Waals surface area contributed by atoms with Gasteiger partial charge in [-0.15, -0.1) is 0 Å². The average molecular weight is 1200 g/mol. The molecule has 3 fully saturated rings. The molecular weight excluding hydrogens is 1130 g/mol. The smallest absolute Gasteiger partial charge is 0.250 e. The molecule has 456 valence electrons. The van der Waals surface area contributed by atoms with Gasteiger partial charge in [-0.05, 0) is 196 Å². The maximum absolute atomic E-state index is 14.2. The van der Waals surface area contributed by atoms with Crippen LogP contribution in [0.1, 0.15) is 132 Å². The van der Waals surface area contributed by atoms with E-state index < -0.39 is 29.4 Å². The van der Waals surface area contributed by atoms with Gasteiger partial charge in [0.05, 0.1) is 5.56 Å². The number of hydrogen-bond donors (Lipinski definition) is 3. The van der Waals surface area contributed by atoms with Gasteiger partial charge in [0, 0.05) is 61.1 Å². The highest BCUT2D eigenvalue weighted by molar-refractivity contribution is 5.93. The van der Waals surface area contributed by atoms with Gasteiger partial charge < -0.3 is 31.4 Å². The van der Waals surface area contributed by atoms with E-state index in [4.69, 9.17) is 31.4 Å². The SMILES string of the molecule is Cc1cc(C)cc([C@@H]2CCCN2Cc2ccc(Oc3ccc(C(N)=O)cc3F)cc2)c1.NC(=O)c1ccc(Oc2ccc(CN3CCCC3c3ccccc3)cc2)nc1.NC(=O)c1ccc(Oc2ccc(CN3CCC[C@H]3c3cccc(F)c3)cc2)c(F)c1. The maximum atomic E-state index is 14.2. The summed E-state index contributed by atoms with van der Waals surface area (Å²) in [7, 11) is 0. The van der Waals surface area contributed by atoms with E-state index >= 15 is 0 Å². The Labute approximate surface area is 517 Å². The van der Waals surface area contributed by atoms with E-state index in [2.05, 4.69) is 94.2 Å². The number of ether oxygens (including phenoxy) is 3. The van der Waals surface area contributed by atoms with Crippen LogP contribution < -0.4 is 31.4 Å². The molecule has 16 heteroatoms. The van der Waals surface area contributed by atoms with Crippen LogP contribution in [0.2, 0.25) is 0 Å². The fourth-order valence-corrected chi connectivity index (χ4v) is 11.9. The molecule has 0 bridgehead atoms. The molecule has 9 aromatic rings. The Kier molecular flexibility index (Phi) is 20.6. The van der Waals surface area contributed by atoms with Gasteiger partial charge >= 0.3 is 0 Å². The van der Waals surface area contributed by atoms with Crippen LogP contribution in [0.5, 0.6) is 34.6 Å². The molecule has 0 spiro atoms. The number of carbonyl (C=O) groups excluding carboxylic acids is 3. The highest BCUT2D eigenvalue weighted by atomic mass is 19.1. The number of aryl methyl sites for hydroxylation is 2. The predicted octanol–water partition coefficient (Wildman–Crippen LogP) is 15.2. The van der Waals surface area contributed by atoms with E-state index in [-0.39, 0.29) is 34.5 Å². The number of carbonyl (C=O) groups is 3. The van der Waals surface area contributed by atoms with Crippen LogP contribution in [0.3, 0.4) is 0 Å². The van der Waals surface area contributed by atoms with Gasteiger partial charge in [-0.25, -0.2) is 18.2 Å². The molecule has 1 aromatic heterocycles. The first kappa shape index (κ1) is 62.4. The van der Waals surface area contributed by atoms with Crippen molar-refractivity contribution in [3.8, 4) is 34.6 Å². The fraction of sp³-hybridized carbons (Fsp3) is 0.233. The summed E-state index contributed by atoms with van der Waals surface area (Å²) in [5, 5.41) is 0. The first-order valence-electron chi connectivity index (χ1n) is 29.9. The Balaban J connectivity index is 0.000000147. The van der Waals surface area contributed by atoms with Crippen LogP contribution in [0, 0.1) is 31.3 Å². The number of aromatic nitrogens is 1. The molecule has 3 atom stereocenters. The molecule has 3 saturated heterocycles. The van der Waals surface area contributed by atoms with Crippen LogP contribution in [0.4, 0.5) is 13.2 Å². The number of hydrogen-bond acceptors (Lipinski definition) is 10. The molecule has 1 unspecified atom stereocenters. The second kappa shape index (κ2) is 29.4. The molecule has 3 aliphatic rings. The van der Waals surface area contributed by atoms with E-state index in [1.165, 1.54) is 95.6 Å². The third-order valence-corrected chi connectivity index (χ3v) is 16.2. The van der Waals surface area contributed by atoms with Crippen LogP contribution in [-0.4, -0.2) is 57.0 Å². The lowest BCUT2D eigenvalue weighted by Gasteiger charge is -2.25. The zero-order chi connectivity index (χ0) is 62.4. The van der Waals surface area contributed by atoms with Crippen molar-refractivity contribution in [1.82, 2.24) is 19.7 Å². The van der Waals surface area contributed by atoms with E-state index in [9.17, 15) is 27.6 Å². The van der Waals surface area contributed by atoms with Crippen molar-refractivity contribution in [3.05, 3.63) is 279 Å². The van der Waals surface area contributed by atoms with Crippen LogP contribution >= 0.6 is 0 Å². The second-order valence-electron chi connectivity index (χ2n) is 22.8. The summed E-state index contributed by atoms with van der Waals surface area (Å²) in [6.07, 6.45) is 8.30. The summed E-state index contributed by atoms with van der Waals surface area (Å²) in [5.74, 6) is -1.07. The molecule has 3 amide bonds. The normalized spacial score (nSPS) is 16.6. The van der Waals surface area contributed by atoms with Gasteiger partial charge in [0.25, 0.3) is 0 Å². The second-order valence-corrected chi connectivity index (χ2v) is 22.8. The van der Waals surface area contributed by atoms with Crippen molar-refractivity contribution in [2.75, 3.05) is 19.6 Å². The van der Waals surface area contributed by atoms with Gasteiger partial charge in [0.1, 0.15) is 23.1 Å². The Morgan fingerprint density at radius 1 is 0.438 bits per heavy atom. The number of pyridine rings is 1. The lowest BCUT2D eigenvalue weighted by molar-refractivity contribution is 0.0991. The summed E-state index contributed by atoms with van der Waals surface area (Å²) in [6, 6.07) is 59.8. The summed E-state index contributed by atoms with van der Waals surface area (Å²) in [4.78, 5) is 44.9. The lowest BCUT2D eigenvalue weighted by Crippen LogP contribution is -2.22. The molecule has 0 saturated carbocycles. The summed E-state index contributed by atoms with van der Waals surface area (Å²) >= 11 is 0. The minimum Gasteiger partial charge on any atom is -0.454 e. The molecule has 12 rings (SSSR count). The summed E-state index contributed by atoms with van der Waals surface area (Å²) in [5.41, 5.74) is 26.1. The number of likely N-dealkylation sites (tertiary alicyclic amines) is 3. The highest BCUT2D eigenvalue weighted by Gasteiger charge is 2.29. The van der Waals surface area contributed by atoms with Gasteiger partial charge in [-0.3, -0.25) is 29.1 Å². The number of amides is 3. The van der Waals surface area contributed by atoms with Gasteiger partial charge in [0.15, 0.2) is 23.1 Å². The Bertz CT molecular complexity index is 3860. The summed E-state index contributed by atoms with van der Waals surface area (Å²) in [6.45, 7) is 9.98. The molecule has 13 nitrogen and oxygen atoms in total. The van der Waals surface area contributed by atoms with Crippen molar-refractivity contribution < 1.29 is 41.8 Å². The number of rotatable bonds is 18. The molecule has 0 aliphatic carbocycles. The van der Waals surface area contributed by atoms with E-state index in [0.29, 0.717) is 40.8 Å². The minimum absolute atomic E-state index is 0.0264. The molecule has 4 heterocycles. The zero-order valence-corrected chi connectivity index (χ0v) is 49.9. The molecule has 6 N–H and O–H groups in total. The van der Waals surface area contributed by atoms with Gasteiger partial charge in [-0.2, -0.15) is 0 Å². The third-order valence-electron chi connectivity index (χ3n) is 16.2. The first-order valence-corrected chi connectivity index (χ1v) is 29.9. The topological polar surface area (TPSA) is 180 Å². The van der Waals surface area contributed by atoms with Crippen molar-refractivity contribution in [2.24, 2.45) is 17.2 Å². The predicted molar refractivity (Wildman–Crippen MR) is 338 cm³/mol. The van der Waals surface area contributed by atoms with E-state index in [1.54, 1.807) is 36.4 Å². The number of halogens is 3. The Hall–Kier alpha value is -9.61. The zero-order valence-electron chi connectivity index (χ0n) is 49.9. The fourth-order valence-electron chi connectivity index (χ4n) is 11.9.